The lowest BCUT2D eigenvalue weighted by molar-refractivity contribution is 0.00599. The Hall–Kier alpha value is -1.11. The van der Waals surface area contributed by atoms with Gasteiger partial charge in [-0.3, -0.25) is 0 Å². The van der Waals surface area contributed by atoms with Crippen LogP contribution in [0, 0.1) is 0 Å². The van der Waals surface area contributed by atoms with E-state index in [-0.39, 0.29) is 12.0 Å². The lowest BCUT2D eigenvalue weighted by Crippen LogP contribution is -2.50. The zero-order valence-corrected chi connectivity index (χ0v) is 11.5. The van der Waals surface area contributed by atoms with E-state index in [1.807, 2.05) is 20.8 Å². The van der Waals surface area contributed by atoms with E-state index < -0.39 is 5.60 Å². The van der Waals surface area contributed by atoms with Gasteiger partial charge in [-0.25, -0.2) is 4.79 Å². The number of nitrogens with zero attached hydrogens (tertiary/aromatic N) is 3. The summed E-state index contributed by atoms with van der Waals surface area (Å²) in [5, 5.41) is 7.58. The summed E-state index contributed by atoms with van der Waals surface area (Å²) in [5.41, 5.74) is -0.463. The molecular formula is C10H14BrN3O3. The molecule has 0 spiro atoms. The molecule has 1 aliphatic rings. The van der Waals surface area contributed by atoms with Gasteiger partial charge in [0.1, 0.15) is 5.60 Å². The van der Waals surface area contributed by atoms with E-state index in [1.54, 1.807) is 4.90 Å². The number of hydrogen-bond acceptors (Lipinski definition) is 5. The average molecular weight is 304 g/mol. The van der Waals surface area contributed by atoms with E-state index in [1.165, 1.54) is 0 Å². The van der Waals surface area contributed by atoms with Gasteiger partial charge in [0.15, 0.2) is 0 Å². The van der Waals surface area contributed by atoms with Gasteiger partial charge in [-0.2, -0.15) is 0 Å². The summed E-state index contributed by atoms with van der Waals surface area (Å²) in [6.07, 6.45) is -0.299. The fourth-order valence-corrected chi connectivity index (χ4v) is 1.74. The zero-order valence-electron chi connectivity index (χ0n) is 9.94. The first-order valence-electron chi connectivity index (χ1n) is 5.32. The predicted octanol–water partition coefficient (Wildman–Crippen LogP) is 2.17. The van der Waals surface area contributed by atoms with Crippen molar-refractivity contribution >= 4 is 22.0 Å². The number of amides is 1. The van der Waals surface area contributed by atoms with Crippen LogP contribution in [0.1, 0.15) is 32.6 Å². The van der Waals surface area contributed by atoms with E-state index in [2.05, 4.69) is 26.1 Å². The van der Waals surface area contributed by atoms with Gasteiger partial charge >= 0.3 is 6.09 Å². The standard InChI is InChI=1S/C10H14BrN3O3/c1-10(2,3)17-9(15)14-4-6(5-14)7-12-13-8(11)16-7/h6H,4-5H2,1-3H3. The van der Waals surface area contributed by atoms with Gasteiger partial charge in [0.25, 0.3) is 4.80 Å². The Kier molecular flexibility index (Phi) is 3.11. The third-order valence-electron chi connectivity index (χ3n) is 2.30. The van der Waals surface area contributed by atoms with E-state index in [0.717, 1.165) is 0 Å². The summed E-state index contributed by atoms with van der Waals surface area (Å²) >= 11 is 3.09. The number of carbonyl (C=O) groups excluding carboxylic acids is 1. The van der Waals surface area contributed by atoms with Crippen LogP contribution in [0.15, 0.2) is 9.22 Å². The van der Waals surface area contributed by atoms with Gasteiger partial charge in [-0.1, -0.05) is 0 Å². The Labute approximate surface area is 107 Å². The highest BCUT2D eigenvalue weighted by molar-refractivity contribution is 9.10. The van der Waals surface area contributed by atoms with Crippen molar-refractivity contribution in [2.75, 3.05) is 13.1 Å². The summed E-state index contributed by atoms with van der Waals surface area (Å²) in [6, 6.07) is 0. The van der Waals surface area contributed by atoms with Crippen molar-refractivity contribution in [1.82, 2.24) is 15.1 Å². The molecular weight excluding hydrogens is 290 g/mol. The molecule has 1 amide bonds. The molecule has 1 saturated heterocycles. The lowest BCUT2D eigenvalue weighted by atomic mass is 10.0. The largest absolute Gasteiger partial charge is 0.444 e. The minimum absolute atomic E-state index is 0.112. The van der Waals surface area contributed by atoms with Crippen LogP contribution < -0.4 is 0 Å². The molecule has 0 saturated carbocycles. The number of carbonyl (C=O) groups is 1. The van der Waals surface area contributed by atoms with Gasteiger partial charge in [0.2, 0.25) is 5.89 Å². The second-order valence-electron chi connectivity index (χ2n) is 4.98. The highest BCUT2D eigenvalue weighted by Crippen LogP contribution is 2.28. The summed E-state index contributed by atoms with van der Waals surface area (Å²) in [7, 11) is 0. The van der Waals surface area contributed by atoms with Crippen LogP contribution in [-0.2, 0) is 4.74 Å². The highest BCUT2D eigenvalue weighted by atomic mass is 79.9. The highest BCUT2D eigenvalue weighted by Gasteiger charge is 2.37. The summed E-state index contributed by atoms with van der Waals surface area (Å²) in [4.78, 5) is 13.6. The maximum atomic E-state index is 11.7. The van der Waals surface area contributed by atoms with Crippen molar-refractivity contribution in [3.63, 3.8) is 0 Å². The van der Waals surface area contributed by atoms with Crippen molar-refractivity contribution in [2.24, 2.45) is 0 Å². The lowest BCUT2D eigenvalue weighted by Gasteiger charge is -2.37. The summed E-state index contributed by atoms with van der Waals surface area (Å²) < 4.78 is 10.5. The maximum absolute atomic E-state index is 11.7. The van der Waals surface area contributed by atoms with Crippen molar-refractivity contribution in [2.45, 2.75) is 32.3 Å². The van der Waals surface area contributed by atoms with Crippen LogP contribution in [0.5, 0.6) is 0 Å². The number of ether oxygens (including phenoxy) is 1. The minimum Gasteiger partial charge on any atom is -0.444 e. The molecule has 0 N–H and O–H groups in total. The Balaban J connectivity index is 1.85. The first kappa shape index (κ1) is 12.3. The predicted molar refractivity (Wildman–Crippen MR) is 62.5 cm³/mol. The van der Waals surface area contributed by atoms with Crippen LogP contribution in [0.4, 0.5) is 4.79 Å². The summed E-state index contributed by atoms with van der Waals surface area (Å²) in [5.74, 6) is 0.665. The van der Waals surface area contributed by atoms with Crippen LogP contribution in [0.3, 0.4) is 0 Å². The number of aromatic nitrogens is 2. The van der Waals surface area contributed by atoms with E-state index in [0.29, 0.717) is 23.8 Å². The van der Waals surface area contributed by atoms with Crippen molar-refractivity contribution < 1.29 is 13.9 Å². The molecule has 94 valence electrons. The Bertz CT molecular complexity index is 421. The van der Waals surface area contributed by atoms with E-state index in [9.17, 15) is 4.79 Å². The second-order valence-corrected chi connectivity index (χ2v) is 5.65. The van der Waals surface area contributed by atoms with Gasteiger partial charge in [-0.05, 0) is 20.8 Å². The van der Waals surface area contributed by atoms with Crippen LogP contribution in [0.25, 0.3) is 0 Å². The molecule has 1 aromatic rings. The first-order chi connectivity index (χ1) is 7.85. The first-order valence-corrected chi connectivity index (χ1v) is 6.11. The minimum atomic E-state index is -0.463. The molecule has 0 aromatic carbocycles. The molecule has 0 bridgehead atoms. The van der Waals surface area contributed by atoms with Gasteiger partial charge in [0, 0.05) is 29.0 Å². The van der Waals surface area contributed by atoms with Crippen LogP contribution >= 0.6 is 15.9 Å². The molecule has 0 atom stereocenters. The molecule has 17 heavy (non-hydrogen) atoms. The fraction of sp³-hybridized carbons (Fsp3) is 0.700. The monoisotopic (exact) mass is 303 g/mol. The van der Waals surface area contributed by atoms with Gasteiger partial charge in [0.05, 0.1) is 5.92 Å². The van der Waals surface area contributed by atoms with E-state index >= 15 is 0 Å². The molecule has 0 radical (unpaired) electrons. The van der Waals surface area contributed by atoms with E-state index in [4.69, 9.17) is 9.15 Å². The normalized spacial score (nSPS) is 16.8. The zero-order chi connectivity index (χ0) is 12.6. The molecule has 0 aliphatic carbocycles. The second kappa shape index (κ2) is 4.29. The molecule has 6 nitrogen and oxygen atoms in total. The molecule has 0 unspecified atom stereocenters. The van der Waals surface area contributed by atoms with Crippen molar-refractivity contribution in [3.8, 4) is 0 Å². The number of halogens is 1. The van der Waals surface area contributed by atoms with Crippen molar-refractivity contribution in [1.29, 1.82) is 0 Å². The third kappa shape index (κ3) is 2.96. The Morgan fingerprint density at radius 3 is 2.59 bits per heavy atom. The average Bonchev–Trinajstić information content (AvgIpc) is 2.45. The topological polar surface area (TPSA) is 68.5 Å². The Morgan fingerprint density at radius 2 is 2.12 bits per heavy atom. The Morgan fingerprint density at radius 1 is 1.47 bits per heavy atom. The quantitative estimate of drug-likeness (QED) is 0.795. The molecule has 1 aromatic heterocycles. The van der Waals surface area contributed by atoms with Crippen molar-refractivity contribution in [3.05, 3.63) is 10.7 Å². The number of rotatable bonds is 1. The molecule has 1 fully saturated rings. The molecule has 2 heterocycles. The van der Waals surface area contributed by atoms with Gasteiger partial charge < -0.3 is 14.1 Å². The van der Waals surface area contributed by atoms with Crippen LogP contribution in [0.2, 0.25) is 0 Å². The fourth-order valence-electron chi connectivity index (χ4n) is 1.49. The SMILES string of the molecule is CC(C)(C)OC(=O)N1CC(c2nnc(Br)o2)C1. The molecule has 1 aliphatic heterocycles. The number of hydrogen-bond donors (Lipinski definition) is 0. The third-order valence-corrected chi connectivity index (χ3v) is 2.62. The number of likely N-dealkylation sites (tertiary alicyclic amines) is 1. The molecule has 2 rings (SSSR count). The molecule has 7 heteroatoms. The summed E-state index contributed by atoms with van der Waals surface area (Å²) in [6.45, 7) is 6.65. The van der Waals surface area contributed by atoms with Crippen LogP contribution in [-0.4, -0.2) is 39.9 Å². The maximum Gasteiger partial charge on any atom is 0.410 e. The van der Waals surface area contributed by atoms with Gasteiger partial charge in [-0.15, -0.1) is 10.2 Å². The smallest absolute Gasteiger partial charge is 0.410 e.